The highest BCUT2D eigenvalue weighted by molar-refractivity contribution is 4.61. The highest BCUT2D eigenvalue weighted by Crippen LogP contribution is 2.18. The second-order valence-electron chi connectivity index (χ2n) is 3.51. The largest absolute Gasteiger partial charge is 0.379 e. The van der Waals surface area contributed by atoms with Gasteiger partial charge in [0, 0.05) is 6.61 Å². The van der Waals surface area contributed by atoms with Crippen LogP contribution in [0.25, 0.3) is 0 Å². The normalized spacial score (nSPS) is 36.6. The molecular formula is C9H18O. The molecule has 0 amide bonds. The number of hydrogen-bond acceptors (Lipinski definition) is 1. The van der Waals surface area contributed by atoms with Crippen molar-refractivity contribution >= 4 is 0 Å². The molecule has 0 radical (unpaired) electrons. The van der Waals surface area contributed by atoms with Crippen LogP contribution in [0.3, 0.4) is 0 Å². The molecule has 1 aliphatic rings. The lowest BCUT2D eigenvalue weighted by molar-refractivity contribution is 0.0408. The molecule has 0 N–H and O–H groups in total. The lowest BCUT2D eigenvalue weighted by Gasteiger charge is -2.20. The Bertz CT molecular complexity index is 78.7. The predicted octanol–water partition coefficient (Wildman–Crippen LogP) is 2.60. The summed E-state index contributed by atoms with van der Waals surface area (Å²) in [6.07, 6.45) is 5.71. The van der Waals surface area contributed by atoms with E-state index in [-0.39, 0.29) is 0 Å². The summed E-state index contributed by atoms with van der Waals surface area (Å²) in [7, 11) is 0. The average molecular weight is 142 g/mol. The van der Waals surface area contributed by atoms with Crippen molar-refractivity contribution in [1.29, 1.82) is 0 Å². The molecule has 0 aromatic carbocycles. The van der Waals surface area contributed by atoms with Gasteiger partial charge in [-0.25, -0.2) is 0 Å². The lowest BCUT2D eigenvalue weighted by atomic mass is 9.97. The van der Waals surface area contributed by atoms with Gasteiger partial charge in [0.05, 0.1) is 6.10 Å². The van der Waals surface area contributed by atoms with Gasteiger partial charge in [-0.05, 0) is 38.5 Å². The fourth-order valence-corrected chi connectivity index (χ4v) is 1.46. The Labute approximate surface area is 63.8 Å². The Morgan fingerprint density at radius 2 is 1.90 bits per heavy atom. The van der Waals surface area contributed by atoms with Crippen LogP contribution in [0.5, 0.6) is 0 Å². The molecule has 1 nitrogen and oxygen atoms in total. The highest BCUT2D eigenvalue weighted by Gasteiger charge is 2.10. The van der Waals surface area contributed by atoms with Crippen LogP contribution in [-0.4, -0.2) is 12.7 Å². The van der Waals surface area contributed by atoms with E-state index in [1.807, 2.05) is 0 Å². The Kier molecular flexibility index (Phi) is 3.20. The molecule has 0 saturated carbocycles. The van der Waals surface area contributed by atoms with Gasteiger partial charge in [-0.1, -0.05) is 6.92 Å². The van der Waals surface area contributed by atoms with E-state index in [2.05, 4.69) is 13.8 Å². The van der Waals surface area contributed by atoms with Gasteiger partial charge in [0.15, 0.2) is 0 Å². The fraction of sp³-hybridized carbons (Fsp3) is 1.00. The zero-order valence-corrected chi connectivity index (χ0v) is 7.10. The van der Waals surface area contributed by atoms with E-state index >= 15 is 0 Å². The van der Waals surface area contributed by atoms with Crippen LogP contribution < -0.4 is 0 Å². The Morgan fingerprint density at radius 3 is 2.70 bits per heavy atom. The van der Waals surface area contributed by atoms with E-state index in [1.165, 1.54) is 25.7 Å². The zero-order valence-electron chi connectivity index (χ0n) is 7.10. The molecule has 0 aromatic heterocycles. The van der Waals surface area contributed by atoms with Crippen molar-refractivity contribution in [2.45, 2.75) is 45.6 Å². The fourth-order valence-electron chi connectivity index (χ4n) is 1.46. The van der Waals surface area contributed by atoms with E-state index in [0.29, 0.717) is 6.10 Å². The van der Waals surface area contributed by atoms with Crippen LogP contribution in [0, 0.1) is 5.92 Å². The standard InChI is InChI=1S/C9H18O/c1-8-4-3-7-10-9(2)6-5-8/h8-9H,3-7H2,1-2H3. The highest BCUT2D eigenvalue weighted by atomic mass is 16.5. The SMILES string of the molecule is CC1CCCOC(C)CC1. The molecule has 10 heavy (non-hydrogen) atoms. The van der Waals surface area contributed by atoms with Crippen molar-refractivity contribution < 1.29 is 4.74 Å². The first-order valence-electron chi connectivity index (χ1n) is 4.40. The smallest absolute Gasteiger partial charge is 0.0547 e. The first-order valence-corrected chi connectivity index (χ1v) is 4.40. The minimum atomic E-state index is 0.503. The summed E-state index contributed by atoms with van der Waals surface area (Å²) >= 11 is 0. The maximum absolute atomic E-state index is 5.53. The van der Waals surface area contributed by atoms with E-state index in [0.717, 1.165) is 12.5 Å². The topological polar surface area (TPSA) is 9.23 Å². The van der Waals surface area contributed by atoms with Gasteiger partial charge in [0.1, 0.15) is 0 Å². The molecule has 1 aliphatic heterocycles. The van der Waals surface area contributed by atoms with Crippen molar-refractivity contribution in [2.75, 3.05) is 6.61 Å². The average Bonchev–Trinajstić information content (AvgIpc) is 1.90. The maximum atomic E-state index is 5.53. The molecule has 0 spiro atoms. The number of rotatable bonds is 0. The predicted molar refractivity (Wildman–Crippen MR) is 43.0 cm³/mol. The number of ether oxygens (including phenoxy) is 1. The Balaban J connectivity index is 2.23. The van der Waals surface area contributed by atoms with E-state index < -0.39 is 0 Å². The second kappa shape index (κ2) is 3.97. The van der Waals surface area contributed by atoms with E-state index in [4.69, 9.17) is 4.74 Å². The Hall–Kier alpha value is -0.0400. The molecule has 1 saturated heterocycles. The molecular weight excluding hydrogens is 124 g/mol. The van der Waals surface area contributed by atoms with Crippen LogP contribution in [0.2, 0.25) is 0 Å². The zero-order chi connectivity index (χ0) is 7.40. The molecule has 0 aromatic rings. The third kappa shape index (κ3) is 2.70. The molecule has 1 heteroatoms. The van der Waals surface area contributed by atoms with E-state index in [9.17, 15) is 0 Å². The Morgan fingerprint density at radius 1 is 1.10 bits per heavy atom. The molecule has 2 unspecified atom stereocenters. The molecule has 1 heterocycles. The lowest BCUT2D eigenvalue weighted by Crippen LogP contribution is -2.14. The monoisotopic (exact) mass is 142 g/mol. The molecule has 0 bridgehead atoms. The van der Waals surface area contributed by atoms with Crippen molar-refractivity contribution in [3.8, 4) is 0 Å². The molecule has 60 valence electrons. The maximum Gasteiger partial charge on any atom is 0.0547 e. The van der Waals surface area contributed by atoms with Crippen LogP contribution in [0.15, 0.2) is 0 Å². The van der Waals surface area contributed by atoms with Crippen LogP contribution in [-0.2, 0) is 4.74 Å². The van der Waals surface area contributed by atoms with Crippen molar-refractivity contribution in [3.05, 3.63) is 0 Å². The molecule has 2 atom stereocenters. The summed E-state index contributed by atoms with van der Waals surface area (Å²) < 4.78 is 5.53. The van der Waals surface area contributed by atoms with Gasteiger partial charge in [-0.3, -0.25) is 0 Å². The van der Waals surface area contributed by atoms with Gasteiger partial charge in [-0.2, -0.15) is 0 Å². The first kappa shape index (κ1) is 8.06. The van der Waals surface area contributed by atoms with Crippen LogP contribution in [0.4, 0.5) is 0 Å². The summed E-state index contributed by atoms with van der Waals surface area (Å²) in [4.78, 5) is 0. The second-order valence-corrected chi connectivity index (χ2v) is 3.51. The summed E-state index contributed by atoms with van der Waals surface area (Å²) in [5.74, 6) is 0.923. The minimum absolute atomic E-state index is 0.503. The van der Waals surface area contributed by atoms with E-state index in [1.54, 1.807) is 0 Å². The third-order valence-electron chi connectivity index (χ3n) is 2.31. The third-order valence-corrected chi connectivity index (χ3v) is 2.31. The summed E-state index contributed by atoms with van der Waals surface area (Å²) in [6.45, 7) is 5.50. The summed E-state index contributed by atoms with van der Waals surface area (Å²) in [5, 5.41) is 0. The van der Waals surface area contributed by atoms with Crippen LogP contribution in [0.1, 0.15) is 39.5 Å². The van der Waals surface area contributed by atoms with Gasteiger partial charge in [-0.15, -0.1) is 0 Å². The van der Waals surface area contributed by atoms with Crippen LogP contribution >= 0.6 is 0 Å². The van der Waals surface area contributed by atoms with Crippen molar-refractivity contribution in [2.24, 2.45) is 5.92 Å². The molecule has 0 aliphatic carbocycles. The number of hydrogen-bond donors (Lipinski definition) is 0. The van der Waals surface area contributed by atoms with Gasteiger partial charge in [0.2, 0.25) is 0 Å². The van der Waals surface area contributed by atoms with Gasteiger partial charge < -0.3 is 4.74 Å². The van der Waals surface area contributed by atoms with Crippen molar-refractivity contribution in [3.63, 3.8) is 0 Å². The van der Waals surface area contributed by atoms with Gasteiger partial charge >= 0.3 is 0 Å². The first-order chi connectivity index (χ1) is 4.79. The molecule has 1 fully saturated rings. The summed E-state index contributed by atoms with van der Waals surface area (Å²) in [5.41, 5.74) is 0. The molecule has 1 rings (SSSR count). The quantitative estimate of drug-likeness (QED) is 0.505. The minimum Gasteiger partial charge on any atom is -0.379 e. The van der Waals surface area contributed by atoms with Crippen molar-refractivity contribution in [1.82, 2.24) is 0 Å². The summed E-state index contributed by atoms with van der Waals surface area (Å²) in [6, 6.07) is 0. The van der Waals surface area contributed by atoms with Gasteiger partial charge in [0.25, 0.3) is 0 Å².